The maximum Gasteiger partial charge on any atom is 0.264 e. The second-order valence-corrected chi connectivity index (χ2v) is 4.50. The third kappa shape index (κ3) is 2.74. The van der Waals surface area contributed by atoms with Crippen LogP contribution in [0.1, 0.15) is 29.9 Å². The summed E-state index contributed by atoms with van der Waals surface area (Å²) in [5.74, 6) is -0.247. The normalized spacial score (nSPS) is 12.9. The summed E-state index contributed by atoms with van der Waals surface area (Å²) < 4.78 is 25.4. The zero-order valence-electron chi connectivity index (χ0n) is 8.84. The van der Waals surface area contributed by atoms with Crippen molar-refractivity contribution in [2.75, 3.05) is 6.26 Å². The zero-order chi connectivity index (χ0) is 12.3. The van der Waals surface area contributed by atoms with Gasteiger partial charge in [0.1, 0.15) is 5.38 Å². The van der Waals surface area contributed by atoms with Crippen LogP contribution in [0.3, 0.4) is 0 Å². The number of Topliss-reactive ketones (excluding diaryl/α,β-unsaturated/α-hetero) is 1. The van der Waals surface area contributed by atoms with Crippen LogP contribution >= 0.6 is 23.4 Å². The van der Waals surface area contributed by atoms with E-state index in [0.717, 1.165) is 0 Å². The Labute approximate surface area is 102 Å². The Morgan fingerprint density at radius 2 is 1.94 bits per heavy atom. The van der Waals surface area contributed by atoms with Crippen molar-refractivity contribution >= 4 is 29.1 Å². The van der Waals surface area contributed by atoms with E-state index in [9.17, 15) is 13.6 Å². The van der Waals surface area contributed by atoms with Gasteiger partial charge in [-0.15, -0.1) is 23.4 Å². The number of ketones is 1. The smallest absolute Gasteiger partial charge is 0.264 e. The molecule has 1 nitrogen and oxygen atoms in total. The molecule has 1 rings (SSSR count). The summed E-state index contributed by atoms with van der Waals surface area (Å²) in [6.07, 6.45) is -0.868. The van der Waals surface area contributed by atoms with Crippen molar-refractivity contribution in [1.82, 2.24) is 0 Å². The standard InChI is InChI=1S/C11H11ClF2OS/c1-6(15)9(12)7-4-3-5-8(11(13)14)10(7)16-2/h3-5,9,11H,1-2H3. The van der Waals surface area contributed by atoms with Gasteiger partial charge in [0.25, 0.3) is 6.43 Å². The number of hydrogen-bond acceptors (Lipinski definition) is 2. The first-order chi connectivity index (χ1) is 7.49. The maximum absolute atomic E-state index is 12.7. The molecule has 0 aliphatic carbocycles. The average Bonchev–Trinajstić information content (AvgIpc) is 2.26. The molecule has 0 radical (unpaired) electrons. The Morgan fingerprint density at radius 3 is 2.38 bits per heavy atom. The van der Waals surface area contributed by atoms with Gasteiger partial charge in [-0.2, -0.15) is 0 Å². The Kier molecular flexibility index (Phi) is 4.74. The molecule has 0 fully saturated rings. The van der Waals surface area contributed by atoms with Crippen molar-refractivity contribution in [3.8, 4) is 0 Å². The fraction of sp³-hybridized carbons (Fsp3) is 0.364. The van der Waals surface area contributed by atoms with Gasteiger partial charge in [-0.1, -0.05) is 18.2 Å². The molecule has 0 aliphatic rings. The summed E-state index contributed by atoms with van der Waals surface area (Å²) in [6, 6.07) is 4.45. The number of carbonyl (C=O) groups is 1. The fourth-order valence-corrected chi connectivity index (χ4v) is 2.46. The van der Waals surface area contributed by atoms with Gasteiger partial charge in [0.15, 0.2) is 5.78 Å². The number of halogens is 3. The highest BCUT2D eigenvalue weighted by molar-refractivity contribution is 7.98. The van der Waals surface area contributed by atoms with Crippen molar-refractivity contribution in [2.45, 2.75) is 23.6 Å². The molecule has 5 heteroatoms. The second-order valence-electron chi connectivity index (χ2n) is 3.24. The molecule has 0 bridgehead atoms. The van der Waals surface area contributed by atoms with Crippen LogP contribution < -0.4 is 0 Å². The molecule has 1 aromatic carbocycles. The summed E-state index contributed by atoms with van der Waals surface area (Å²) >= 11 is 7.07. The van der Waals surface area contributed by atoms with Gasteiger partial charge in [-0.3, -0.25) is 4.79 Å². The number of alkyl halides is 3. The van der Waals surface area contributed by atoms with Gasteiger partial charge in [0, 0.05) is 10.5 Å². The van der Waals surface area contributed by atoms with Gasteiger partial charge >= 0.3 is 0 Å². The van der Waals surface area contributed by atoms with Crippen molar-refractivity contribution < 1.29 is 13.6 Å². The fourth-order valence-electron chi connectivity index (χ4n) is 1.40. The molecule has 1 atom stereocenters. The molecule has 16 heavy (non-hydrogen) atoms. The van der Waals surface area contributed by atoms with Crippen LogP contribution in [0.4, 0.5) is 8.78 Å². The Balaban J connectivity index is 3.29. The van der Waals surface area contributed by atoms with E-state index < -0.39 is 11.8 Å². The van der Waals surface area contributed by atoms with Gasteiger partial charge in [-0.25, -0.2) is 8.78 Å². The first-order valence-electron chi connectivity index (χ1n) is 4.58. The Bertz CT molecular complexity index is 396. The molecule has 1 unspecified atom stereocenters. The van der Waals surface area contributed by atoms with Crippen LogP contribution in [0.5, 0.6) is 0 Å². The first kappa shape index (κ1) is 13.5. The van der Waals surface area contributed by atoms with Crippen LogP contribution in [0.2, 0.25) is 0 Å². The lowest BCUT2D eigenvalue weighted by Gasteiger charge is -2.14. The highest BCUT2D eigenvalue weighted by Crippen LogP contribution is 2.37. The predicted octanol–water partition coefficient (Wildman–Crippen LogP) is 4.22. The van der Waals surface area contributed by atoms with Crippen LogP contribution in [-0.4, -0.2) is 12.0 Å². The van der Waals surface area contributed by atoms with Crippen LogP contribution in [0.25, 0.3) is 0 Å². The minimum absolute atomic E-state index is 0.0723. The second kappa shape index (κ2) is 5.64. The molecular weight excluding hydrogens is 254 g/mol. The highest BCUT2D eigenvalue weighted by Gasteiger charge is 2.21. The van der Waals surface area contributed by atoms with E-state index in [-0.39, 0.29) is 11.3 Å². The van der Waals surface area contributed by atoms with E-state index in [2.05, 4.69) is 0 Å². The third-order valence-corrected chi connectivity index (χ3v) is 3.57. The minimum Gasteiger partial charge on any atom is -0.298 e. The summed E-state index contributed by atoms with van der Waals surface area (Å²) in [5.41, 5.74) is 0.386. The molecule has 88 valence electrons. The molecule has 0 saturated carbocycles. The topological polar surface area (TPSA) is 17.1 Å². The Hall–Kier alpha value is -0.610. The lowest BCUT2D eigenvalue weighted by molar-refractivity contribution is -0.116. The average molecular weight is 265 g/mol. The lowest BCUT2D eigenvalue weighted by Crippen LogP contribution is -2.05. The largest absolute Gasteiger partial charge is 0.298 e. The zero-order valence-corrected chi connectivity index (χ0v) is 10.4. The monoisotopic (exact) mass is 264 g/mol. The van der Waals surface area contributed by atoms with Crippen LogP contribution in [0.15, 0.2) is 23.1 Å². The molecule has 0 heterocycles. The van der Waals surface area contributed by atoms with E-state index in [0.29, 0.717) is 10.5 Å². The van der Waals surface area contributed by atoms with Crippen molar-refractivity contribution in [3.63, 3.8) is 0 Å². The van der Waals surface area contributed by atoms with Gasteiger partial charge < -0.3 is 0 Å². The molecule has 0 spiro atoms. The molecule has 1 aromatic rings. The molecule has 0 aliphatic heterocycles. The summed E-state index contributed by atoms with van der Waals surface area (Å²) in [6.45, 7) is 1.34. The summed E-state index contributed by atoms with van der Waals surface area (Å²) in [7, 11) is 0. The SMILES string of the molecule is CSc1c(C(F)F)cccc1C(Cl)C(C)=O. The van der Waals surface area contributed by atoms with Gasteiger partial charge in [-0.05, 0) is 18.7 Å². The van der Waals surface area contributed by atoms with E-state index in [1.165, 1.54) is 30.8 Å². The van der Waals surface area contributed by atoms with Crippen molar-refractivity contribution in [2.24, 2.45) is 0 Å². The maximum atomic E-state index is 12.7. The molecule has 0 N–H and O–H groups in total. The Morgan fingerprint density at radius 1 is 1.38 bits per heavy atom. The minimum atomic E-state index is -2.56. The summed E-state index contributed by atoms with van der Waals surface area (Å²) in [5, 5.41) is -0.860. The molecular formula is C11H11ClF2OS. The van der Waals surface area contributed by atoms with Gasteiger partial charge in [0.2, 0.25) is 0 Å². The lowest BCUT2D eigenvalue weighted by atomic mass is 10.1. The van der Waals surface area contributed by atoms with Gasteiger partial charge in [0.05, 0.1) is 0 Å². The highest BCUT2D eigenvalue weighted by atomic mass is 35.5. The van der Waals surface area contributed by atoms with Crippen LogP contribution in [0, 0.1) is 0 Å². The number of benzene rings is 1. The molecule has 0 aromatic heterocycles. The number of hydrogen-bond donors (Lipinski definition) is 0. The number of rotatable bonds is 4. The number of carbonyl (C=O) groups excluding carboxylic acids is 1. The van der Waals surface area contributed by atoms with E-state index in [1.54, 1.807) is 12.3 Å². The van der Waals surface area contributed by atoms with E-state index >= 15 is 0 Å². The quantitative estimate of drug-likeness (QED) is 0.598. The van der Waals surface area contributed by atoms with E-state index in [1.807, 2.05) is 0 Å². The molecule has 0 saturated heterocycles. The van der Waals surface area contributed by atoms with Crippen molar-refractivity contribution in [1.29, 1.82) is 0 Å². The first-order valence-corrected chi connectivity index (χ1v) is 6.24. The van der Waals surface area contributed by atoms with Crippen molar-refractivity contribution in [3.05, 3.63) is 29.3 Å². The summed E-state index contributed by atoms with van der Waals surface area (Å²) in [4.78, 5) is 11.6. The molecule has 0 amide bonds. The van der Waals surface area contributed by atoms with E-state index in [4.69, 9.17) is 11.6 Å². The number of thioether (sulfide) groups is 1. The predicted molar refractivity (Wildman–Crippen MR) is 62.5 cm³/mol. The van der Waals surface area contributed by atoms with Crippen LogP contribution in [-0.2, 0) is 4.79 Å². The third-order valence-electron chi connectivity index (χ3n) is 2.15.